The maximum absolute atomic E-state index is 12.6. The van der Waals surface area contributed by atoms with Crippen LogP contribution in [0, 0.1) is 6.92 Å². The summed E-state index contributed by atoms with van der Waals surface area (Å²) in [5.74, 6) is -0.532. The number of nitrogens with one attached hydrogen (secondary N) is 1. The molecule has 29 heavy (non-hydrogen) atoms. The number of fused-ring (bicyclic) bond motifs is 1. The van der Waals surface area contributed by atoms with Crippen molar-refractivity contribution in [3.63, 3.8) is 0 Å². The van der Waals surface area contributed by atoms with E-state index in [9.17, 15) is 13.2 Å². The summed E-state index contributed by atoms with van der Waals surface area (Å²) in [6, 6.07) is 12.5. The lowest BCUT2D eigenvalue weighted by atomic mass is 10.2. The molecule has 2 aromatic carbocycles. The smallest absolute Gasteiger partial charge is 0.408 e. The molecule has 0 spiro atoms. The minimum atomic E-state index is -3.72. The average Bonchev–Trinajstić information content (AvgIpc) is 3.27. The van der Waals surface area contributed by atoms with Crippen molar-refractivity contribution < 1.29 is 12.8 Å². The molecule has 0 unspecified atom stereocenters. The number of sulfonamides is 1. The van der Waals surface area contributed by atoms with Gasteiger partial charge in [-0.25, -0.2) is 22.9 Å². The summed E-state index contributed by atoms with van der Waals surface area (Å²) in [5, 5.41) is 2.85. The van der Waals surface area contributed by atoms with Crippen molar-refractivity contribution in [2.75, 3.05) is 6.54 Å². The first kappa shape index (κ1) is 19.6. The topological polar surface area (TPSA) is 94.2 Å². The van der Waals surface area contributed by atoms with E-state index < -0.39 is 15.8 Å². The monoisotopic (exact) mass is 429 g/mol. The highest BCUT2D eigenvalue weighted by Crippen LogP contribution is 2.24. The van der Waals surface area contributed by atoms with Crippen LogP contribution >= 0.6 is 11.3 Å². The van der Waals surface area contributed by atoms with Gasteiger partial charge in [-0.15, -0.1) is 11.3 Å². The molecule has 0 radical (unpaired) electrons. The maximum Gasteiger partial charge on any atom is 0.419 e. The van der Waals surface area contributed by atoms with Crippen LogP contribution in [-0.2, 0) is 23.5 Å². The van der Waals surface area contributed by atoms with E-state index in [0.29, 0.717) is 11.9 Å². The second-order valence-corrected chi connectivity index (χ2v) is 9.34. The highest BCUT2D eigenvalue weighted by Gasteiger charge is 2.17. The van der Waals surface area contributed by atoms with Crippen LogP contribution in [0.3, 0.4) is 0 Å². The Morgan fingerprint density at radius 1 is 1.17 bits per heavy atom. The number of oxazole rings is 1. The Hall–Kier alpha value is -2.75. The van der Waals surface area contributed by atoms with E-state index in [1.807, 2.05) is 36.6 Å². The molecule has 0 aliphatic heterocycles. The van der Waals surface area contributed by atoms with E-state index >= 15 is 0 Å². The number of benzene rings is 2. The molecule has 4 aromatic rings. The van der Waals surface area contributed by atoms with Crippen molar-refractivity contribution in [2.24, 2.45) is 7.05 Å². The van der Waals surface area contributed by atoms with Crippen LogP contribution in [0.4, 0.5) is 0 Å². The van der Waals surface area contributed by atoms with Gasteiger partial charge in [0.2, 0.25) is 10.0 Å². The van der Waals surface area contributed by atoms with E-state index in [1.165, 1.54) is 33.6 Å². The minimum Gasteiger partial charge on any atom is -0.408 e. The van der Waals surface area contributed by atoms with Gasteiger partial charge in [0, 0.05) is 37.0 Å². The fourth-order valence-electron chi connectivity index (χ4n) is 2.93. The SMILES string of the molecule is Cc1ccc(-c2nc(CCNS(=O)(=O)c3ccc4c(c3)oc(=O)n4C)cs2)cc1. The molecule has 0 fully saturated rings. The summed E-state index contributed by atoms with van der Waals surface area (Å²) in [7, 11) is -2.15. The summed E-state index contributed by atoms with van der Waals surface area (Å²) >= 11 is 1.54. The third-order valence-corrected chi connectivity index (χ3v) is 7.00. The van der Waals surface area contributed by atoms with Crippen LogP contribution in [-0.4, -0.2) is 24.5 Å². The number of aromatic nitrogens is 2. The highest BCUT2D eigenvalue weighted by molar-refractivity contribution is 7.89. The molecule has 0 aliphatic carbocycles. The van der Waals surface area contributed by atoms with Gasteiger partial charge in [0.15, 0.2) is 5.58 Å². The lowest BCUT2D eigenvalue weighted by Crippen LogP contribution is -2.26. The third-order valence-electron chi connectivity index (χ3n) is 4.60. The number of nitrogens with zero attached hydrogens (tertiary/aromatic N) is 2. The van der Waals surface area contributed by atoms with Crippen molar-refractivity contribution in [3.8, 4) is 10.6 Å². The molecule has 0 aliphatic rings. The maximum atomic E-state index is 12.6. The van der Waals surface area contributed by atoms with Gasteiger partial charge in [0.05, 0.1) is 16.1 Å². The molecular weight excluding hydrogens is 410 g/mol. The number of hydrogen-bond acceptors (Lipinski definition) is 6. The van der Waals surface area contributed by atoms with Gasteiger partial charge in [-0.1, -0.05) is 29.8 Å². The fourth-order valence-corrected chi connectivity index (χ4v) is 4.84. The Morgan fingerprint density at radius 2 is 1.93 bits per heavy atom. The third kappa shape index (κ3) is 4.02. The van der Waals surface area contributed by atoms with Gasteiger partial charge < -0.3 is 4.42 Å². The lowest BCUT2D eigenvalue weighted by Gasteiger charge is -2.06. The zero-order valence-corrected chi connectivity index (χ0v) is 17.5. The van der Waals surface area contributed by atoms with E-state index in [2.05, 4.69) is 9.71 Å². The number of thiazole rings is 1. The Labute approximate surface area is 171 Å². The zero-order valence-electron chi connectivity index (χ0n) is 15.9. The first-order chi connectivity index (χ1) is 13.8. The predicted octanol–water partition coefficient (Wildman–Crippen LogP) is 3.08. The standard InChI is InChI=1S/C20H19N3O4S2/c1-13-3-5-14(6-4-13)19-22-15(12-28-19)9-10-21-29(25,26)16-7-8-17-18(11-16)27-20(24)23(17)2/h3-8,11-12,21H,9-10H2,1-2H3. The van der Waals surface area contributed by atoms with Gasteiger partial charge in [-0.3, -0.25) is 4.57 Å². The molecule has 9 heteroatoms. The van der Waals surface area contributed by atoms with E-state index in [0.717, 1.165) is 16.3 Å². The summed E-state index contributed by atoms with van der Waals surface area (Å²) < 4.78 is 34.1. The van der Waals surface area contributed by atoms with Crippen molar-refractivity contribution in [2.45, 2.75) is 18.2 Å². The Morgan fingerprint density at radius 3 is 2.69 bits per heavy atom. The van der Waals surface area contributed by atoms with Crippen LogP contribution in [0.25, 0.3) is 21.7 Å². The van der Waals surface area contributed by atoms with Crippen LogP contribution in [0.5, 0.6) is 0 Å². The summed E-state index contributed by atoms with van der Waals surface area (Å²) in [4.78, 5) is 16.2. The molecule has 0 saturated carbocycles. The second-order valence-electron chi connectivity index (χ2n) is 6.71. The largest absolute Gasteiger partial charge is 0.419 e. The molecular formula is C20H19N3O4S2. The van der Waals surface area contributed by atoms with Crippen LogP contribution in [0.2, 0.25) is 0 Å². The van der Waals surface area contributed by atoms with Gasteiger partial charge in [-0.05, 0) is 19.1 Å². The van der Waals surface area contributed by atoms with Crippen LogP contribution in [0.1, 0.15) is 11.3 Å². The number of aryl methyl sites for hydroxylation is 2. The van der Waals surface area contributed by atoms with Gasteiger partial charge in [0.1, 0.15) is 5.01 Å². The molecule has 4 rings (SSSR count). The second kappa shape index (κ2) is 7.58. The van der Waals surface area contributed by atoms with E-state index in [4.69, 9.17) is 4.42 Å². The lowest BCUT2D eigenvalue weighted by molar-refractivity contribution is 0.527. The van der Waals surface area contributed by atoms with Crippen molar-refractivity contribution >= 4 is 32.5 Å². The molecule has 0 atom stereocenters. The quantitative estimate of drug-likeness (QED) is 0.508. The Kier molecular flexibility index (Phi) is 5.12. The summed E-state index contributed by atoms with van der Waals surface area (Å²) in [6.45, 7) is 2.25. The van der Waals surface area contributed by atoms with Gasteiger partial charge in [-0.2, -0.15) is 0 Å². The normalized spacial score (nSPS) is 11.9. The minimum absolute atomic E-state index is 0.0537. The van der Waals surface area contributed by atoms with Crippen molar-refractivity contribution in [1.29, 1.82) is 0 Å². The van der Waals surface area contributed by atoms with Crippen LogP contribution < -0.4 is 10.5 Å². The molecule has 2 aromatic heterocycles. The summed E-state index contributed by atoms with van der Waals surface area (Å²) in [6.07, 6.45) is 0.476. The molecule has 1 N–H and O–H groups in total. The molecule has 2 heterocycles. The summed E-state index contributed by atoms with van der Waals surface area (Å²) in [5.41, 5.74) is 3.85. The predicted molar refractivity (Wildman–Crippen MR) is 113 cm³/mol. The van der Waals surface area contributed by atoms with Crippen LogP contribution in [0.15, 0.2) is 62.0 Å². The first-order valence-electron chi connectivity index (χ1n) is 8.94. The highest BCUT2D eigenvalue weighted by atomic mass is 32.2. The average molecular weight is 430 g/mol. The molecule has 0 bridgehead atoms. The fraction of sp³-hybridized carbons (Fsp3) is 0.200. The molecule has 7 nitrogen and oxygen atoms in total. The van der Waals surface area contributed by atoms with E-state index in [1.54, 1.807) is 13.1 Å². The van der Waals surface area contributed by atoms with Crippen molar-refractivity contribution in [3.05, 3.63) is 69.7 Å². The van der Waals surface area contributed by atoms with Gasteiger partial charge in [0.25, 0.3) is 0 Å². The zero-order chi connectivity index (χ0) is 20.6. The van der Waals surface area contributed by atoms with E-state index in [-0.39, 0.29) is 17.0 Å². The van der Waals surface area contributed by atoms with Crippen molar-refractivity contribution in [1.82, 2.24) is 14.3 Å². The first-order valence-corrected chi connectivity index (χ1v) is 11.3. The Balaban J connectivity index is 1.43. The molecule has 0 amide bonds. The number of hydrogen-bond donors (Lipinski definition) is 1. The molecule has 150 valence electrons. The van der Waals surface area contributed by atoms with Gasteiger partial charge >= 0.3 is 5.76 Å². The molecule has 0 saturated heterocycles. The Bertz CT molecular complexity index is 1330. The number of rotatable bonds is 6.